The number of hydrogen-bond donors (Lipinski definition) is 1. The summed E-state index contributed by atoms with van der Waals surface area (Å²) in [4.78, 5) is 13.9. The van der Waals surface area contributed by atoms with E-state index in [0.29, 0.717) is 11.8 Å². The SMILES string of the molecule is CC(C)CNC(=O)N1CCC(c2ccccc2)C1. The molecule has 0 aromatic heterocycles. The summed E-state index contributed by atoms with van der Waals surface area (Å²) >= 11 is 0. The molecule has 0 saturated carbocycles. The van der Waals surface area contributed by atoms with E-state index in [4.69, 9.17) is 0 Å². The van der Waals surface area contributed by atoms with Gasteiger partial charge in [0.1, 0.15) is 0 Å². The molecule has 98 valence electrons. The highest BCUT2D eigenvalue weighted by Gasteiger charge is 2.26. The molecule has 1 saturated heterocycles. The van der Waals surface area contributed by atoms with Crippen molar-refractivity contribution in [1.29, 1.82) is 0 Å². The normalized spacial score (nSPS) is 19.3. The van der Waals surface area contributed by atoms with Crippen LogP contribution in [-0.2, 0) is 0 Å². The topological polar surface area (TPSA) is 32.3 Å². The quantitative estimate of drug-likeness (QED) is 0.874. The Hall–Kier alpha value is -1.51. The highest BCUT2D eigenvalue weighted by atomic mass is 16.2. The average Bonchev–Trinajstić information content (AvgIpc) is 2.86. The van der Waals surface area contributed by atoms with Gasteiger partial charge < -0.3 is 10.2 Å². The van der Waals surface area contributed by atoms with Crippen LogP contribution in [0.15, 0.2) is 30.3 Å². The van der Waals surface area contributed by atoms with E-state index in [-0.39, 0.29) is 6.03 Å². The standard InChI is InChI=1S/C15H22N2O/c1-12(2)10-16-15(18)17-9-8-14(11-17)13-6-4-3-5-7-13/h3-7,12,14H,8-11H2,1-2H3,(H,16,18). The van der Waals surface area contributed by atoms with Crippen LogP contribution >= 0.6 is 0 Å². The first kappa shape index (κ1) is 12.9. The fourth-order valence-electron chi connectivity index (χ4n) is 2.35. The Balaban J connectivity index is 1.87. The average molecular weight is 246 g/mol. The van der Waals surface area contributed by atoms with Crippen LogP contribution in [0, 0.1) is 5.92 Å². The molecule has 1 aliphatic heterocycles. The highest BCUT2D eigenvalue weighted by molar-refractivity contribution is 5.74. The number of nitrogens with one attached hydrogen (secondary N) is 1. The molecule has 0 radical (unpaired) electrons. The minimum Gasteiger partial charge on any atom is -0.338 e. The van der Waals surface area contributed by atoms with Gasteiger partial charge in [0, 0.05) is 25.6 Å². The van der Waals surface area contributed by atoms with Gasteiger partial charge in [-0.3, -0.25) is 0 Å². The Labute approximate surface area is 109 Å². The summed E-state index contributed by atoms with van der Waals surface area (Å²) in [6.45, 7) is 6.68. The van der Waals surface area contributed by atoms with Crippen LogP contribution in [0.3, 0.4) is 0 Å². The van der Waals surface area contributed by atoms with Crippen molar-refractivity contribution < 1.29 is 4.79 Å². The summed E-state index contributed by atoms with van der Waals surface area (Å²) in [5, 5.41) is 2.98. The Morgan fingerprint density at radius 3 is 2.78 bits per heavy atom. The largest absolute Gasteiger partial charge is 0.338 e. The maximum Gasteiger partial charge on any atom is 0.317 e. The lowest BCUT2D eigenvalue weighted by Crippen LogP contribution is -2.39. The molecule has 2 rings (SSSR count). The zero-order valence-corrected chi connectivity index (χ0v) is 11.2. The lowest BCUT2D eigenvalue weighted by molar-refractivity contribution is 0.207. The van der Waals surface area contributed by atoms with Crippen molar-refractivity contribution >= 4 is 6.03 Å². The van der Waals surface area contributed by atoms with E-state index in [1.165, 1.54) is 5.56 Å². The third kappa shape index (κ3) is 3.25. The van der Waals surface area contributed by atoms with Crippen molar-refractivity contribution in [3.05, 3.63) is 35.9 Å². The molecular weight excluding hydrogens is 224 g/mol. The van der Waals surface area contributed by atoms with Crippen LogP contribution in [-0.4, -0.2) is 30.6 Å². The van der Waals surface area contributed by atoms with Crippen LogP contribution in [0.4, 0.5) is 4.79 Å². The molecule has 3 heteroatoms. The van der Waals surface area contributed by atoms with Gasteiger partial charge in [-0.25, -0.2) is 4.79 Å². The summed E-state index contributed by atoms with van der Waals surface area (Å²) in [5.41, 5.74) is 1.34. The van der Waals surface area contributed by atoms with Crippen molar-refractivity contribution in [2.75, 3.05) is 19.6 Å². The van der Waals surface area contributed by atoms with E-state index in [0.717, 1.165) is 26.1 Å². The number of benzene rings is 1. The van der Waals surface area contributed by atoms with Gasteiger partial charge in [-0.1, -0.05) is 44.2 Å². The molecule has 1 aromatic rings. The maximum absolute atomic E-state index is 11.9. The van der Waals surface area contributed by atoms with Gasteiger partial charge in [0.15, 0.2) is 0 Å². The van der Waals surface area contributed by atoms with E-state index in [9.17, 15) is 4.79 Å². The molecular formula is C15H22N2O. The summed E-state index contributed by atoms with van der Waals surface area (Å²) in [6, 6.07) is 10.6. The smallest absolute Gasteiger partial charge is 0.317 e. The van der Waals surface area contributed by atoms with E-state index in [1.54, 1.807) is 0 Å². The Bertz CT molecular complexity index is 389. The van der Waals surface area contributed by atoms with E-state index in [2.05, 4.69) is 43.4 Å². The fourth-order valence-corrected chi connectivity index (χ4v) is 2.35. The third-order valence-electron chi connectivity index (χ3n) is 3.41. The molecule has 1 fully saturated rings. The predicted octanol–water partition coefficient (Wildman–Crippen LogP) is 2.84. The second kappa shape index (κ2) is 5.89. The Morgan fingerprint density at radius 2 is 2.11 bits per heavy atom. The second-order valence-electron chi connectivity index (χ2n) is 5.42. The minimum absolute atomic E-state index is 0.0853. The van der Waals surface area contributed by atoms with Crippen LogP contribution in [0.5, 0.6) is 0 Å². The maximum atomic E-state index is 11.9. The molecule has 1 N–H and O–H groups in total. The van der Waals surface area contributed by atoms with E-state index >= 15 is 0 Å². The van der Waals surface area contributed by atoms with Crippen LogP contribution in [0.1, 0.15) is 31.7 Å². The van der Waals surface area contributed by atoms with Crippen LogP contribution in [0.2, 0.25) is 0 Å². The molecule has 18 heavy (non-hydrogen) atoms. The molecule has 0 aliphatic carbocycles. The molecule has 1 atom stereocenters. The first-order valence-corrected chi connectivity index (χ1v) is 6.74. The second-order valence-corrected chi connectivity index (χ2v) is 5.42. The molecule has 1 aliphatic rings. The molecule has 3 nitrogen and oxygen atoms in total. The van der Waals surface area contributed by atoms with Crippen LogP contribution in [0.25, 0.3) is 0 Å². The first-order valence-electron chi connectivity index (χ1n) is 6.74. The number of amides is 2. The molecule has 1 heterocycles. The van der Waals surface area contributed by atoms with Crippen molar-refractivity contribution in [1.82, 2.24) is 10.2 Å². The number of hydrogen-bond acceptors (Lipinski definition) is 1. The predicted molar refractivity (Wildman–Crippen MR) is 73.6 cm³/mol. The first-order chi connectivity index (χ1) is 8.66. The molecule has 1 aromatic carbocycles. The number of carbonyl (C=O) groups is 1. The zero-order chi connectivity index (χ0) is 13.0. The number of urea groups is 1. The zero-order valence-electron chi connectivity index (χ0n) is 11.2. The lowest BCUT2D eigenvalue weighted by Gasteiger charge is -2.18. The fraction of sp³-hybridized carbons (Fsp3) is 0.533. The minimum atomic E-state index is 0.0853. The molecule has 2 amide bonds. The van der Waals surface area contributed by atoms with Gasteiger partial charge in [-0.05, 0) is 17.9 Å². The van der Waals surface area contributed by atoms with Crippen molar-refractivity contribution in [2.45, 2.75) is 26.2 Å². The van der Waals surface area contributed by atoms with Crippen molar-refractivity contribution in [3.8, 4) is 0 Å². The van der Waals surface area contributed by atoms with E-state index < -0.39 is 0 Å². The molecule has 1 unspecified atom stereocenters. The number of likely N-dealkylation sites (tertiary alicyclic amines) is 1. The van der Waals surface area contributed by atoms with Gasteiger partial charge in [-0.2, -0.15) is 0 Å². The molecule has 0 bridgehead atoms. The number of nitrogens with zero attached hydrogens (tertiary/aromatic N) is 1. The van der Waals surface area contributed by atoms with Gasteiger partial charge in [0.2, 0.25) is 0 Å². The van der Waals surface area contributed by atoms with Crippen molar-refractivity contribution in [3.63, 3.8) is 0 Å². The number of rotatable bonds is 3. The summed E-state index contributed by atoms with van der Waals surface area (Å²) in [6.07, 6.45) is 1.07. The monoisotopic (exact) mass is 246 g/mol. The Morgan fingerprint density at radius 1 is 1.39 bits per heavy atom. The molecule has 0 spiro atoms. The van der Waals surface area contributed by atoms with Crippen LogP contribution < -0.4 is 5.32 Å². The van der Waals surface area contributed by atoms with Gasteiger partial charge in [0.25, 0.3) is 0 Å². The lowest BCUT2D eigenvalue weighted by atomic mass is 9.99. The number of carbonyl (C=O) groups excluding carboxylic acids is 1. The summed E-state index contributed by atoms with van der Waals surface area (Å²) < 4.78 is 0. The Kier molecular flexibility index (Phi) is 4.24. The van der Waals surface area contributed by atoms with Crippen molar-refractivity contribution in [2.24, 2.45) is 5.92 Å². The summed E-state index contributed by atoms with van der Waals surface area (Å²) in [7, 11) is 0. The third-order valence-corrected chi connectivity index (χ3v) is 3.41. The van der Waals surface area contributed by atoms with Gasteiger partial charge in [0.05, 0.1) is 0 Å². The van der Waals surface area contributed by atoms with E-state index in [1.807, 2.05) is 11.0 Å². The van der Waals surface area contributed by atoms with Gasteiger partial charge in [-0.15, -0.1) is 0 Å². The highest BCUT2D eigenvalue weighted by Crippen LogP contribution is 2.26. The van der Waals surface area contributed by atoms with Gasteiger partial charge >= 0.3 is 6.03 Å². The summed E-state index contributed by atoms with van der Waals surface area (Å²) in [5.74, 6) is 0.998.